The zero-order chi connectivity index (χ0) is 48.5. The maximum Gasteiger partial charge on any atom is 0.472 e. The number of hydrogen-bond donors (Lipinski definition) is 3. The summed E-state index contributed by atoms with van der Waals surface area (Å²) in [5.41, 5.74) is 0. The zero-order valence-electron chi connectivity index (χ0n) is 45.0. The molecule has 0 aliphatic rings. The fourth-order valence-electron chi connectivity index (χ4n) is 8.93. The van der Waals surface area contributed by atoms with Gasteiger partial charge in [-0.2, -0.15) is 0 Å². The van der Waals surface area contributed by atoms with E-state index < -0.39 is 20.0 Å². The summed E-state index contributed by atoms with van der Waals surface area (Å²) in [6.07, 6.45) is 60.2. The van der Waals surface area contributed by atoms with Crippen molar-refractivity contribution in [1.82, 2.24) is 5.32 Å². The lowest BCUT2D eigenvalue weighted by Crippen LogP contribution is -2.46. The molecule has 0 saturated carbocycles. The second-order valence-electron chi connectivity index (χ2n) is 21.4. The van der Waals surface area contributed by atoms with Crippen LogP contribution in [0.2, 0.25) is 0 Å². The number of likely N-dealkylation sites (N-methyl/N-ethyl adjacent to an activating group) is 1. The lowest BCUT2D eigenvalue weighted by atomic mass is 10.0. The molecule has 1 amide bonds. The summed E-state index contributed by atoms with van der Waals surface area (Å²) in [5, 5.41) is 13.9. The minimum absolute atomic E-state index is 0.0776. The van der Waals surface area contributed by atoms with Crippen molar-refractivity contribution < 1.29 is 32.9 Å². The largest absolute Gasteiger partial charge is 0.472 e. The van der Waals surface area contributed by atoms with E-state index in [4.69, 9.17) is 9.05 Å². The zero-order valence-corrected chi connectivity index (χ0v) is 45.9. The third kappa shape index (κ3) is 51.1. The number of aliphatic hydroxyl groups excluding tert-OH is 1. The van der Waals surface area contributed by atoms with Gasteiger partial charge in [0.2, 0.25) is 5.91 Å². The number of quaternary nitrogens is 1. The van der Waals surface area contributed by atoms with Crippen molar-refractivity contribution in [2.24, 2.45) is 0 Å². The smallest absolute Gasteiger partial charge is 0.391 e. The van der Waals surface area contributed by atoms with Crippen LogP contribution in [0, 0.1) is 0 Å². The van der Waals surface area contributed by atoms with Gasteiger partial charge in [0.1, 0.15) is 13.2 Å². The van der Waals surface area contributed by atoms with E-state index in [2.05, 4.69) is 31.3 Å². The van der Waals surface area contributed by atoms with E-state index in [1.54, 1.807) is 0 Å². The first kappa shape index (κ1) is 65.2. The van der Waals surface area contributed by atoms with Crippen LogP contribution in [0.5, 0.6) is 0 Å². The molecular weight excluding hydrogens is 840 g/mol. The van der Waals surface area contributed by atoms with Crippen LogP contribution >= 0.6 is 7.82 Å². The molecule has 8 nitrogen and oxygen atoms in total. The van der Waals surface area contributed by atoms with Crippen molar-refractivity contribution in [3.05, 3.63) is 12.2 Å². The lowest BCUT2D eigenvalue weighted by Gasteiger charge is -2.26. The highest BCUT2D eigenvalue weighted by molar-refractivity contribution is 7.47. The maximum atomic E-state index is 12.9. The van der Waals surface area contributed by atoms with Gasteiger partial charge in [0.05, 0.1) is 39.9 Å². The molecule has 0 saturated heterocycles. The SMILES string of the molecule is CCCCCCCCCC/C=C\CCCCCCCCCCCCCCCCCCCCCCCCCC(=O)NC(COP(=O)(O)OCC[N+](C)(C)C)C(O)CCCCCCCCCCC. The molecule has 0 aliphatic carbocycles. The van der Waals surface area contributed by atoms with Crippen molar-refractivity contribution in [3.63, 3.8) is 0 Å². The highest BCUT2D eigenvalue weighted by Gasteiger charge is 2.28. The molecule has 0 aromatic heterocycles. The Morgan fingerprint density at radius 2 is 0.818 bits per heavy atom. The van der Waals surface area contributed by atoms with E-state index >= 15 is 0 Å². The van der Waals surface area contributed by atoms with E-state index in [1.165, 1.54) is 231 Å². The second kappa shape index (κ2) is 49.2. The average Bonchev–Trinajstić information content (AvgIpc) is 3.28. The summed E-state index contributed by atoms with van der Waals surface area (Å²) in [4.78, 5) is 23.2. The van der Waals surface area contributed by atoms with E-state index in [0.717, 1.165) is 38.5 Å². The number of amides is 1. The van der Waals surface area contributed by atoms with Gasteiger partial charge in [0.25, 0.3) is 0 Å². The van der Waals surface area contributed by atoms with Gasteiger partial charge in [0, 0.05) is 6.42 Å². The predicted molar refractivity (Wildman–Crippen MR) is 286 cm³/mol. The van der Waals surface area contributed by atoms with Crippen LogP contribution < -0.4 is 5.32 Å². The Bertz CT molecular complexity index is 1080. The first-order valence-corrected chi connectivity index (χ1v) is 30.5. The standard InChI is InChI=1S/C57H115N2O6P/c1-6-8-10-12-14-16-17-18-19-20-21-22-23-24-25-26-27-28-29-30-31-32-33-34-35-36-37-38-39-40-41-43-45-47-49-51-57(61)58-55(54-65-66(62,63)64-53-52-59(3,4)5)56(60)50-48-46-44-42-15-13-11-9-7-2/h20-21,55-56,60H,6-19,22-54H2,1-5H3,(H-,58,61,62,63)/p+1/b21-20-. The van der Waals surface area contributed by atoms with E-state index in [0.29, 0.717) is 23.9 Å². The molecule has 0 bridgehead atoms. The van der Waals surface area contributed by atoms with Crippen LogP contribution in [0.25, 0.3) is 0 Å². The molecule has 0 radical (unpaired) electrons. The highest BCUT2D eigenvalue weighted by atomic mass is 31.2. The van der Waals surface area contributed by atoms with Crippen LogP contribution in [0.15, 0.2) is 12.2 Å². The lowest BCUT2D eigenvalue weighted by molar-refractivity contribution is -0.870. The van der Waals surface area contributed by atoms with Crippen molar-refractivity contribution in [1.29, 1.82) is 0 Å². The number of phosphoric ester groups is 1. The van der Waals surface area contributed by atoms with Crippen LogP contribution in [-0.2, 0) is 18.4 Å². The van der Waals surface area contributed by atoms with Crippen molar-refractivity contribution in [2.75, 3.05) is 40.9 Å². The Kier molecular flexibility index (Phi) is 48.7. The molecule has 9 heteroatoms. The predicted octanol–water partition coefficient (Wildman–Crippen LogP) is 17.4. The van der Waals surface area contributed by atoms with Crippen LogP contribution in [-0.4, -0.2) is 73.4 Å². The molecule has 0 heterocycles. The number of unbranched alkanes of at least 4 members (excludes halogenated alkanes) is 39. The van der Waals surface area contributed by atoms with Crippen LogP contribution in [0.1, 0.15) is 296 Å². The molecule has 66 heavy (non-hydrogen) atoms. The number of rotatable bonds is 54. The van der Waals surface area contributed by atoms with Gasteiger partial charge in [0.15, 0.2) is 0 Å². The van der Waals surface area contributed by atoms with Gasteiger partial charge >= 0.3 is 7.82 Å². The molecule has 0 spiro atoms. The number of allylic oxidation sites excluding steroid dienone is 2. The Morgan fingerprint density at radius 3 is 1.17 bits per heavy atom. The number of aliphatic hydroxyl groups is 1. The fraction of sp³-hybridized carbons (Fsp3) is 0.947. The van der Waals surface area contributed by atoms with Gasteiger partial charge < -0.3 is 19.8 Å². The minimum Gasteiger partial charge on any atom is -0.391 e. The van der Waals surface area contributed by atoms with Crippen molar-refractivity contribution >= 4 is 13.7 Å². The van der Waals surface area contributed by atoms with Gasteiger partial charge in [-0.15, -0.1) is 0 Å². The molecule has 0 aliphatic heterocycles. The topological polar surface area (TPSA) is 105 Å². The van der Waals surface area contributed by atoms with Crippen LogP contribution in [0.3, 0.4) is 0 Å². The van der Waals surface area contributed by atoms with E-state index in [1.807, 2.05) is 21.1 Å². The average molecular weight is 957 g/mol. The molecule has 3 unspecified atom stereocenters. The Labute approximate surface area is 412 Å². The van der Waals surface area contributed by atoms with Gasteiger partial charge in [-0.1, -0.05) is 264 Å². The number of phosphoric acid groups is 1. The minimum atomic E-state index is -4.31. The normalized spacial score (nSPS) is 14.0. The first-order valence-electron chi connectivity index (χ1n) is 29.1. The third-order valence-electron chi connectivity index (χ3n) is 13.5. The van der Waals surface area contributed by atoms with Crippen LogP contribution in [0.4, 0.5) is 0 Å². The molecule has 3 N–H and O–H groups in total. The van der Waals surface area contributed by atoms with E-state index in [-0.39, 0.29) is 19.1 Å². The Hall–Kier alpha value is -0.760. The number of carbonyl (C=O) groups is 1. The summed E-state index contributed by atoms with van der Waals surface area (Å²) in [6, 6.07) is -0.754. The summed E-state index contributed by atoms with van der Waals surface area (Å²) in [5.74, 6) is -0.141. The Morgan fingerprint density at radius 1 is 0.500 bits per heavy atom. The molecule has 0 aromatic rings. The summed E-state index contributed by atoms with van der Waals surface area (Å²) < 4.78 is 23.6. The summed E-state index contributed by atoms with van der Waals surface area (Å²) in [7, 11) is 1.63. The highest BCUT2D eigenvalue weighted by Crippen LogP contribution is 2.43. The molecular formula is C57H116N2O6P+. The van der Waals surface area contributed by atoms with Gasteiger partial charge in [-0.25, -0.2) is 4.57 Å². The number of hydrogen-bond acceptors (Lipinski definition) is 5. The molecule has 394 valence electrons. The number of nitrogens with zero attached hydrogens (tertiary/aromatic N) is 1. The quantitative estimate of drug-likeness (QED) is 0.0243. The van der Waals surface area contributed by atoms with Gasteiger partial charge in [-0.05, 0) is 38.5 Å². The third-order valence-corrected chi connectivity index (χ3v) is 14.5. The molecule has 0 rings (SSSR count). The summed E-state index contributed by atoms with van der Waals surface area (Å²) >= 11 is 0. The maximum absolute atomic E-state index is 12.9. The summed E-state index contributed by atoms with van der Waals surface area (Å²) in [6.45, 7) is 4.89. The Balaban J connectivity index is 3.81. The molecule has 0 aromatic carbocycles. The number of carbonyl (C=O) groups excluding carboxylic acids is 1. The first-order chi connectivity index (χ1) is 32.0. The second-order valence-corrected chi connectivity index (χ2v) is 22.8. The molecule has 0 fully saturated rings. The number of nitrogens with one attached hydrogen (secondary N) is 1. The molecule has 3 atom stereocenters. The fourth-order valence-corrected chi connectivity index (χ4v) is 9.66. The van der Waals surface area contributed by atoms with Crippen molar-refractivity contribution in [2.45, 2.75) is 309 Å². The monoisotopic (exact) mass is 956 g/mol. The van der Waals surface area contributed by atoms with E-state index in [9.17, 15) is 19.4 Å². The van der Waals surface area contributed by atoms with Crippen molar-refractivity contribution in [3.8, 4) is 0 Å². The van der Waals surface area contributed by atoms with Gasteiger partial charge in [-0.3, -0.25) is 13.8 Å².